The van der Waals surface area contributed by atoms with Gasteiger partial charge in [0.15, 0.2) is 0 Å². The van der Waals surface area contributed by atoms with Crippen molar-refractivity contribution in [1.29, 1.82) is 0 Å². The number of esters is 2. The van der Waals surface area contributed by atoms with Gasteiger partial charge in [0.05, 0.1) is 17.9 Å². The molecule has 0 aromatic rings. The van der Waals surface area contributed by atoms with Gasteiger partial charge in [-0.15, -0.1) is 0 Å². The number of rotatable bonds is 3. The fourth-order valence-corrected chi connectivity index (χ4v) is 1.85. The number of hydrogen-bond donors (Lipinski definition) is 0. The van der Waals surface area contributed by atoms with Gasteiger partial charge in [-0.3, -0.25) is 9.59 Å². The summed E-state index contributed by atoms with van der Waals surface area (Å²) < 4.78 is 9.69. The van der Waals surface area contributed by atoms with E-state index in [9.17, 15) is 9.59 Å². The van der Waals surface area contributed by atoms with Crippen LogP contribution in [0.4, 0.5) is 0 Å². The number of ether oxygens (including phenoxy) is 2. The average molecular weight is 200 g/mol. The van der Waals surface area contributed by atoms with Gasteiger partial charge in [-0.05, 0) is 12.8 Å². The molecule has 1 aliphatic heterocycles. The van der Waals surface area contributed by atoms with Crippen LogP contribution < -0.4 is 0 Å². The van der Waals surface area contributed by atoms with Crippen molar-refractivity contribution in [2.45, 2.75) is 26.9 Å². The second-order valence-corrected chi connectivity index (χ2v) is 3.98. The standard InChI is InChI=1S/C10H16O4/c1-5(2)7-8(6(3)13-4)10(12)14-9(7)11/h5-8H,1-4H3. The lowest BCUT2D eigenvalue weighted by Gasteiger charge is -2.21. The molecule has 1 rings (SSSR count). The van der Waals surface area contributed by atoms with E-state index in [0.717, 1.165) is 0 Å². The van der Waals surface area contributed by atoms with E-state index < -0.39 is 17.9 Å². The molecule has 0 saturated carbocycles. The Labute approximate surface area is 83.6 Å². The summed E-state index contributed by atoms with van der Waals surface area (Å²) in [5.41, 5.74) is 0. The minimum atomic E-state index is -0.456. The van der Waals surface area contributed by atoms with Crippen molar-refractivity contribution in [1.82, 2.24) is 0 Å². The van der Waals surface area contributed by atoms with Crippen LogP contribution in [0.25, 0.3) is 0 Å². The molecule has 3 unspecified atom stereocenters. The molecule has 1 heterocycles. The second kappa shape index (κ2) is 4.09. The Hall–Kier alpha value is -0.900. The Bertz CT molecular complexity index is 247. The zero-order valence-electron chi connectivity index (χ0n) is 8.94. The van der Waals surface area contributed by atoms with Gasteiger partial charge in [0.1, 0.15) is 0 Å². The third-order valence-electron chi connectivity index (χ3n) is 2.73. The average Bonchev–Trinajstić information content (AvgIpc) is 2.39. The maximum Gasteiger partial charge on any atom is 0.320 e. The summed E-state index contributed by atoms with van der Waals surface area (Å²) in [6.07, 6.45) is -0.277. The molecule has 0 spiro atoms. The molecule has 0 aromatic heterocycles. The highest BCUT2D eigenvalue weighted by Gasteiger charge is 2.48. The Morgan fingerprint density at radius 3 is 2.07 bits per heavy atom. The highest BCUT2D eigenvalue weighted by atomic mass is 16.6. The van der Waals surface area contributed by atoms with Gasteiger partial charge in [-0.25, -0.2) is 0 Å². The molecule has 0 amide bonds. The van der Waals surface area contributed by atoms with Gasteiger partial charge in [0, 0.05) is 7.11 Å². The lowest BCUT2D eigenvalue weighted by molar-refractivity contribution is -0.154. The third-order valence-corrected chi connectivity index (χ3v) is 2.73. The molecule has 0 radical (unpaired) electrons. The molecule has 1 aliphatic rings. The van der Waals surface area contributed by atoms with Gasteiger partial charge in [-0.2, -0.15) is 0 Å². The van der Waals surface area contributed by atoms with Crippen LogP contribution in [-0.2, 0) is 19.1 Å². The molecule has 0 bridgehead atoms. The van der Waals surface area contributed by atoms with E-state index in [-0.39, 0.29) is 17.9 Å². The van der Waals surface area contributed by atoms with E-state index in [1.165, 1.54) is 7.11 Å². The first kappa shape index (κ1) is 11.2. The molecule has 14 heavy (non-hydrogen) atoms. The van der Waals surface area contributed by atoms with E-state index >= 15 is 0 Å². The van der Waals surface area contributed by atoms with Crippen molar-refractivity contribution < 1.29 is 19.1 Å². The molecule has 0 aromatic carbocycles. The van der Waals surface area contributed by atoms with Gasteiger partial charge >= 0.3 is 11.9 Å². The number of hydrogen-bond acceptors (Lipinski definition) is 4. The molecular formula is C10H16O4. The summed E-state index contributed by atoms with van der Waals surface area (Å²) in [7, 11) is 1.53. The van der Waals surface area contributed by atoms with E-state index in [2.05, 4.69) is 4.74 Å². The second-order valence-electron chi connectivity index (χ2n) is 3.98. The minimum Gasteiger partial charge on any atom is -0.393 e. The molecule has 3 atom stereocenters. The summed E-state index contributed by atoms with van der Waals surface area (Å²) in [5, 5.41) is 0. The number of carbonyl (C=O) groups is 2. The van der Waals surface area contributed by atoms with E-state index in [4.69, 9.17) is 4.74 Å². The summed E-state index contributed by atoms with van der Waals surface area (Å²) in [6.45, 7) is 5.58. The summed E-state index contributed by atoms with van der Waals surface area (Å²) in [6, 6.07) is 0. The smallest absolute Gasteiger partial charge is 0.320 e. The molecule has 4 heteroatoms. The maximum atomic E-state index is 11.4. The minimum absolute atomic E-state index is 0.0940. The van der Waals surface area contributed by atoms with E-state index in [1.807, 2.05) is 13.8 Å². The predicted octanol–water partition coefficient (Wildman–Crippen LogP) is 0.993. The lowest BCUT2D eigenvalue weighted by Crippen LogP contribution is -2.32. The first-order valence-corrected chi connectivity index (χ1v) is 4.77. The van der Waals surface area contributed by atoms with Crippen LogP contribution in [0.3, 0.4) is 0 Å². The number of cyclic esters (lactones) is 2. The SMILES string of the molecule is COC(C)C1C(=O)OC(=O)C1C(C)C. The number of carbonyl (C=O) groups excluding carboxylic acids is 2. The van der Waals surface area contributed by atoms with Gasteiger partial charge in [0.25, 0.3) is 0 Å². The molecule has 80 valence electrons. The Morgan fingerprint density at radius 2 is 1.64 bits per heavy atom. The zero-order valence-corrected chi connectivity index (χ0v) is 8.94. The Balaban J connectivity index is 2.89. The van der Waals surface area contributed by atoms with Crippen molar-refractivity contribution in [2.75, 3.05) is 7.11 Å². The topological polar surface area (TPSA) is 52.6 Å². The van der Waals surface area contributed by atoms with Crippen LogP contribution >= 0.6 is 0 Å². The first-order valence-electron chi connectivity index (χ1n) is 4.77. The fraction of sp³-hybridized carbons (Fsp3) is 0.800. The zero-order chi connectivity index (χ0) is 10.9. The first-order chi connectivity index (χ1) is 6.49. The number of methoxy groups -OCH3 is 1. The van der Waals surface area contributed by atoms with Gasteiger partial charge in [0.2, 0.25) is 0 Å². The van der Waals surface area contributed by atoms with Crippen molar-refractivity contribution in [3.63, 3.8) is 0 Å². The molecule has 4 nitrogen and oxygen atoms in total. The highest BCUT2D eigenvalue weighted by Crippen LogP contribution is 2.33. The fourth-order valence-electron chi connectivity index (χ4n) is 1.85. The van der Waals surface area contributed by atoms with Gasteiger partial charge in [-0.1, -0.05) is 13.8 Å². The van der Waals surface area contributed by atoms with Crippen molar-refractivity contribution in [2.24, 2.45) is 17.8 Å². The van der Waals surface area contributed by atoms with Crippen LogP contribution in [0, 0.1) is 17.8 Å². The van der Waals surface area contributed by atoms with Crippen LogP contribution in [0.15, 0.2) is 0 Å². The maximum absolute atomic E-state index is 11.4. The molecule has 0 aliphatic carbocycles. The van der Waals surface area contributed by atoms with Crippen LogP contribution in [0.1, 0.15) is 20.8 Å². The van der Waals surface area contributed by atoms with Crippen LogP contribution in [-0.4, -0.2) is 25.2 Å². The monoisotopic (exact) mass is 200 g/mol. The quantitative estimate of drug-likeness (QED) is 0.503. The lowest BCUT2D eigenvalue weighted by atomic mass is 9.82. The van der Waals surface area contributed by atoms with Gasteiger partial charge < -0.3 is 9.47 Å². The van der Waals surface area contributed by atoms with Crippen molar-refractivity contribution in [3.8, 4) is 0 Å². The molecular weight excluding hydrogens is 184 g/mol. The summed E-state index contributed by atoms with van der Waals surface area (Å²) in [5.74, 6) is -1.59. The third kappa shape index (κ3) is 1.80. The largest absolute Gasteiger partial charge is 0.393 e. The van der Waals surface area contributed by atoms with Crippen molar-refractivity contribution in [3.05, 3.63) is 0 Å². The molecule has 1 fully saturated rings. The van der Waals surface area contributed by atoms with E-state index in [1.54, 1.807) is 6.92 Å². The van der Waals surface area contributed by atoms with Crippen LogP contribution in [0.2, 0.25) is 0 Å². The highest BCUT2D eigenvalue weighted by molar-refractivity contribution is 5.96. The van der Waals surface area contributed by atoms with E-state index in [0.29, 0.717) is 0 Å². The Morgan fingerprint density at radius 1 is 1.14 bits per heavy atom. The van der Waals surface area contributed by atoms with Crippen LogP contribution in [0.5, 0.6) is 0 Å². The summed E-state index contributed by atoms with van der Waals surface area (Å²) in [4.78, 5) is 22.7. The normalized spacial score (nSPS) is 29.5. The summed E-state index contributed by atoms with van der Waals surface area (Å²) >= 11 is 0. The Kier molecular flexibility index (Phi) is 3.26. The molecule has 1 saturated heterocycles. The van der Waals surface area contributed by atoms with Crippen molar-refractivity contribution >= 4 is 11.9 Å². The molecule has 0 N–H and O–H groups in total. The predicted molar refractivity (Wildman–Crippen MR) is 49.4 cm³/mol.